The molecule has 0 unspecified atom stereocenters. The summed E-state index contributed by atoms with van der Waals surface area (Å²) in [5.41, 5.74) is 6.61. The van der Waals surface area contributed by atoms with Gasteiger partial charge in [0.15, 0.2) is 0 Å². The van der Waals surface area contributed by atoms with Crippen LogP contribution in [-0.2, 0) is 6.61 Å². The lowest BCUT2D eigenvalue weighted by atomic mass is 10.2. The summed E-state index contributed by atoms with van der Waals surface area (Å²) in [5.74, 6) is 0.0803. The second-order valence-corrected chi connectivity index (χ2v) is 4.43. The molecule has 17 heavy (non-hydrogen) atoms. The van der Waals surface area contributed by atoms with Gasteiger partial charge in [-0.05, 0) is 27.6 Å². The van der Waals surface area contributed by atoms with Crippen LogP contribution in [0.25, 0.3) is 0 Å². The maximum atomic E-state index is 13.1. The smallest absolute Gasteiger partial charge is 0.147 e. The second-order valence-electron chi connectivity index (χ2n) is 3.58. The average Bonchev–Trinajstić information content (AvgIpc) is 2.33. The van der Waals surface area contributed by atoms with Crippen molar-refractivity contribution in [2.45, 2.75) is 6.61 Å². The first-order valence-electron chi connectivity index (χ1n) is 5.08. The summed E-state index contributed by atoms with van der Waals surface area (Å²) in [4.78, 5) is 0. The Hall–Kier alpha value is -1.55. The number of rotatable bonds is 3. The van der Waals surface area contributed by atoms with Gasteiger partial charge in [0.05, 0.1) is 10.2 Å². The molecule has 2 N–H and O–H groups in total. The van der Waals surface area contributed by atoms with Gasteiger partial charge in [-0.1, -0.05) is 30.3 Å². The Balaban J connectivity index is 2.12. The molecular formula is C13H11BrFNO. The minimum atomic E-state index is -0.455. The van der Waals surface area contributed by atoms with Crippen LogP contribution in [0.1, 0.15) is 5.56 Å². The topological polar surface area (TPSA) is 35.2 Å². The third-order valence-electron chi connectivity index (χ3n) is 2.29. The number of anilines is 1. The summed E-state index contributed by atoms with van der Waals surface area (Å²) in [5, 5.41) is 0. The minimum Gasteiger partial charge on any atom is -0.488 e. The number of nitrogen functional groups attached to an aromatic ring is 1. The second kappa shape index (κ2) is 5.19. The van der Waals surface area contributed by atoms with E-state index in [4.69, 9.17) is 10.5 Å². The first-order valence-corrected chi connectivity index (χ1v) is 5.87. The first kappa shape index (κ1) is 11.9. The third kappa shape index (κ3) is 2.97. The van der Waals surface area contributed by atoms with Crippen LogP contribution in [0.4, 0.5) is 10.1 Å². The molecule has 0 aromatic heterocycles. The van der Waals surface area contributed by atoms with E-state index in [1.807, 2.05) is 30.3 Å². The maximum Gasteiger partial charge on any atom is 0.147 e. The molecule has 2 aromatic carbocycles. The molecule has 0 bridgehead atoms. The van der Waals surface area contributed by atoms with E-state index < -0.39 is 5.82 Å². The number of nitrogens with two attached hydrogens (primary N) is 1. The molecule has 2 rings (SSSR count). The number of halogens is 2. The molecule has 0 atom stereocenters. The Morgan fingerprint density at radius 3 is 2.59 bits per heavy atom. The number of benzene rings is 2. The molecule has 0 heterocycles. The zero-order valence-electron chi connectivity index (χ0n) is 8.99. The Labute approximate surface area is 107 Å². The highest BCUT2D eigenvalue weighted by Crippen LogP contribution is 2.29. The lowest BCUT2D eigenvalue weighted by Crippen LogP contribution is -1.98. The standard InChI is InChI=1S/C13H11BrFNO/c14-10-6-11(15)12(16)7-13(10)17-8-9-4-2-1-3-5-9/h1-7H,8,16H2. The summed E-state index contributed by atoms with van der Waals surface area (Å²) in [7, 11) is 0. The van der Waals surface area contributed by atoms with Crippen LogP contribution < -0.4 is 10.5 Å². The summed E-state index contributed by atoms with van der Waals surface area (Å²) in [6, 6.07) is 12.5. The summed E-state index contributed by atoms with van der Waals surface area (Å²) in [6.45, 7) is 0.421. The van der Waals surface area contributed by atoms with Crippen LogP contribution in [0.5, 0.6) is 5.75 Å². The van der Waals surface area contributed by atoms with Gasteiger partial charge in [0, 0.05) is 6.07 Å². The van der Waals surface area contributed by atoms with Crippen LogP contribution in [0.15, 0.2) is 46.9 Å². The molecule has 0 fully saturated rings. The zero-order valence-corrected chi connectivity index (χ0v) is 10.6. The number of hydrogen-bond acceptors (Lipinski definition) is 2. The van der Waals surface area contributed by atoms with Crippen molar-refractivity contribution in [1.82, 2.24) is 0 Å². The van der Waals surface area contributed by atoms with E-state index in [9.17, 15) is 4.39 Å². The van der Waals surface area contributed by atoms with Gasteiger partial charge < -0.3 is 10.5 Å². The van der Waals surface area contributed by atoms with E-state index in [-0.39, 0.29) is 5.69 Å². The van der Waals surface area contributed by atoms with Gasteiger partial charge in [-0.15, -0.1) is 0 Å². The molecule has 0 aliphatic carbocycles. The Morgan fingerprint density at radius 2 is 1.88 bits per heavy atom. The maximum absolute atomic E-state index is 13.1. The van der Waals surface area contributed by atoms with Gasteiger partial charge in [-0.25, -0.2) is 4.39 Å². The fourth-order valence-corrected chi connectivity index (χ4v) is 1.82. The van der Waals surface area contributed by atoms with Crippen molar-refractivity contribution in [2.24, 2.45) is 0 Å². The van der Waals surface area contributed by atoms with Crippen LogP contribution >= 0.6 is 15.9 Å². The van der Waals surface area contributed by atoms with E-state index in [1.165, 1.54) is 12.1 Å². The predicted octanol–water partition coefficient (Wildman–Crippen LogP) is 3.75. The van der Waals surface area contributed by atoms with E-state index >= 15 is 0 Å². The molecular weight excluding hydrogens is 285 g/mol. The van der Waals surface area contributed by atoms with Crippen molar-refractivity contribution in [3.63, 3.8) is 0 Å². The van der Waals surface area contributed by atoms with Gasteiger partial charge in [0.25, 0.3) is 0 Å². The van der Waals surface area contributed by atoms with Gasteiger partial charge in [-0.2, -0.15) is 0 Å². The molecule has 0 radical (unpaired) electrons. The molecule has 4 heteroatoms. The molecule has 2 aromatic rings. The van der Waals surface area contributed by atoms with E-state index in [0.29, 0.717) is 16.8 Å². The van der Waals surface area contributed by atoms with Gasteiger partial charge >= 0.3 is 0 Å². The number of hydrogen-bond donors (Lipinski definition) is 1. The Morgan fingerprint density at radius 1 is 1.18 bits per heavy atom. The summed E-state index contributed by atoms with van der Waals surface area (Å²) in [6.07, 6.45) is 0. The van der Waals surface area contributed by atoms with Crippen molar-refractivity contribution in [3.8, 4) is 5.75 Å². The molecule has 0 aliphatic rings. The first-order chi connectivity index (χ1) is 8.16. The lowest BCUT2D eigenvalue weighted by molar-refractivity contribution is 0.304. The van der Waals surface area contributed by atoms with E-state index in [2.05, 4.69) is 15.9 Å². The van der Waals surface area contributed by atoms with Gasteiger partial charge in [0.1, 0.15) is 18.2 Å². The van der Waals surface area contributed by atoms with Crippen molar-refractivity contribution in [2.75, 3.05) is 5.73 Å². The van der Waals surface area contributed by atoms with E-state index in [0.717, 1.165) is 5.56 Å². The SMILES string of the molecule is Nc1cc(OCc2ccccc2)c(Br)cc1F. The van der Waals surface area contributed by atoms with Gasteiger partial charge in [-0.3, -0.25) is 0 Å². The summed E-state index contributed by atoms with van der Waals surface area (Å²) < 4.78 is 19.2. The van der Waals surface area contributed by atoms with E-state index in [1.54, 1.807) is 0 Å². The highest BCUT2D eigenvalue weighted by atomic mass is 79.9. The van der Waals surface area contributed by atoms with Crippen LogP contribution in [0, 0.1) is 5.82 Å². The Bertz CT molecular complexity index is 516. The normalized spacial score (nSPS) is 10.2. The minimum absolute atomic E-state index is 0.0799. The molecule has 0 amide bonds. The zero-order chi connectivity index (χ0) is 12.3. The monoisotopic (exact) mass is 295 g/mol. The fraction of sp³-hybridized carbons (Fsp3) is 0.0769. The average molecular weight is 296 g/mol. The van der Waals surface area contributed by atoms with Crippen LogP contribution in [0.2, 0.25) is 0 Å². The molecule has 0 saturated carbocycles. The molecule has 88 valence electrons. The summed E-state index contributed by atoms with van der Waals surface area (Å²) >= 11 is 3.23. The quantitative estimate of drug-likeness (QED) is 0.875. The van der Waals surface area contributed by atoms with Crippen LogP contribution in [0.3, 0.4) is 0 Å². The van der Waals surface area contributed by atoms with Gasteiger partial charge in [0.2, 0.25) is 0 Å². The lowest BCUT2D eigenvalue weighted by Gasteiger charge is -2.09. The molecule has 0 saturated heterocycles. The van der Waals surface area contributed by atoms with Crippen molar-refractivity contribution in [1.29, 1.82) is 0 Å². The van der Waals surface area contributed by atoms with Crippen molar-refractivity contribution in [3.05, 3.63) is 58.3 Å². The highest BCUT2D eigenvalue weighted by Gasteiger charge is 2.07. The third-order valence-corrected chi connectivity index (χ3v) is 2.91. The molecule has 0 aliphatic heterocycles. The molecule has 2 nitrogen and oxygen atoms in total. The predicted molar refractivity (Wildman–Crippen MR) is 69.3 cm³/mol. The van der Waals surface area contributed by atoms with Crippen molar-refractivity contribution < 1.29 is 9.13 Å². The largest absolute Gasteiger partial charge is 0.488 e. The fourth-order valence-electron chi connectivity index (χ4n) is 1.39. The number of ether oxygens (including phenoxy) is 1. The molecule has 0 spiro atoms. The van der Waals surface area contributed by atoms with Crippen molar-refractivity contribution >= 4 is 21.6 Å². The highest BCUT2D eigenvalue weighted by molar-refractivity contribution is 9.10. The van der Waals surface area contributed by atoms with Crippen LogP contribution in [-0.4, -0.2) is 0 Å². The Kier molecular flexibility index (Phi) is 3.64.